The molecule has 1 unspecified atom stereocenters. The lowest BCUT2D eigenvalue weighted by Crippen LogP contribution is -2.40. The summed E-state index contributed by atoms with van der Waals surface area (Å²) in [6.45, 7) is 4.50. The molecule has 5 nitrogen and oxygen atoms in total. The third-order valence-corrected chi connectivity index (χ3v) is 6.34. The number of hydrogen-bond acceptors (Lipinski definition) is 6. The van der Waals surface area contributed by atoms with Crippen LogP contribution in [0.3, 0.4) is 0 Å². The van der Waals surface area contributed by atoms with Crippen LogP contribution >= 0.6 is 22.7 Å². The molecule has 4 rings (SSSR count). The number of pyridine rings is 1. The number of thiazole rings is 1. The lowest BCUT2D eigenvalue weighted by molar-refractivity contribution is -0.121. The van der Waals surface area contributed by atoms with Gasteiger partial charge in [-0.2, -0.15) is 11.3 Å². The van der Waals surface area contributed by atoms with E-state index in [1.165, 1.54) is 5.56 Å². The van der Waals surface area contributed by atoms with E-state index in [1.807, 2.05) is 25.1 Å². The molecule has 1 aliphatic heterocycles. The molecule has 0 aromatic carbocycles. The summed E-state index contributed by atoms with van der Waals surface area (Å²) in [5.41, 5.74) is 3.18. The van der Waals surface area contributed by atoms with Crippen molar-refractivity contribution in [3.05, 3.63) is 51.8 Å². The summed E-state index contributed by atoms with van der Waals surface area (Å²) in [4.78, 5) is 24.1. The lowest BCUT2D eigenvalue weighted by Gasteiger charge is -2.31. The molecule has 27 heavy (non-hydrogen) atoms. The molecular weight excluding hydrogens is 376 g/mol. The second-order valence-corrected chi connectivity index (χ2v) is 8.52. The maximum atomic E-state index is 12.6. The monoisotopic (exact) mass is 398 g/mol. The predicted molar refractivity (Wildman–Crippen MR) is 111 cm³/mol. The van der Waals surface area contributed by atoms with Gasteiger partial charge in [-0.25, -0.2) is 9.97 Å². The second kappa shape index (κ2) is 8.29. The summed E-state index contributed by atoms with van der Waals surface area (Å²) >= 11 is 3.38. The molecule has 1 N–H and O–H groups in total. The zero-order valence-electron chi connectivity index (χ0n) is 15.2. The Bertz CT molecular complexity index is 906. The van der Waals surface area contributed by atoms with Crippen LogP contribution in [0.4, 0.5) is 5.82 Å². The normalized spacial score (nSPS) is 17.7. The van der Waals surface area contributed by atoms with Gasteiger partial charge in [0.1, 0.15) is 10.8 Å². The molecule has 1 atom stereocenters. The van der Waals surface area contributed by atoms with Gasteiger partial charge in [0.25, 0.3) is 0 Å². The standard InChI is InChI=1S/C20H22N4OS2/c1-14-4-2-6-18(21-14)23-19(25)15-5-3-8-24(10-15)11-17-13-27-20(22-17)16-7-9-26-12-16/h2,4,6-7,9,12-13,15H,3,5,8,10-11H2,1H3,(H,21,23,25). The highest BCUT2D eigenvalue weighted by Gasteiger charge is 2.26. The van der Waals surface area contributed by atoms with Crippen molar-refractivity contribution in [2.24, 2.45) is 5.92 Å². The van der Waals surface area contributed by atoms with Gasteiger partial charge in [-0.1, -0.05) is 6.07 Å². The number of amides is 1. The van der Waals surface area contributed by atoms with E-state index in [2.05, 4.69) is 37.4 Å². The fraction of sp³-hybridized carbons (Fsp3) is 0.350. The van der Waals surface area contributed by atoms with Crippen molar-refractivity contribution in [1.29, 1.82) is 0 Å². The van der Waals surface area contributed by atoms with Gasteiger partial charge in [0, 0.05) is 35.1 Å². The number of likely N-dealkylation sites (tertiary alicyclic amines) is 1. The Morgan fingerprint density at radius 3 is 3.04 bits per heavy atom. The van der Waals surface area contributed by atoms with Crippen molar-refractivity contribution >= 4 is 34.4 Å². The fourth-order valence-corrected chi connectivity index (χ4v) is 4.90. The average molecular weight is 399 g/mol. The molecule has 1 amide bonds. The molecule has 0 bridgehead atoms. The first-order valence-electron chi connectivity index (χ1n) is 9.11. The number of rotatable bonds is 5. The first-order chi connectivity index (χ1) is 13.2. The summed E-state index contributed by atoms with van der Waals surface area (Å²) in [5, 5.41) is 10.4. The van der Waals surface area contributed by atoms with Gasteiger partial charge in [-0.3, -0.25) is 9.69 Å². The topological polar surface area (TPSA) is 58.1 Å². The molecule has 1 fully saturated rings. The number of piperidine rings is 1. The van der Waals surface area contributed by atoms with Gasteiger partial charge in [0.05, 0.1) is 11.6 Å². The Labute approximate surface area is 167 Å². The van der Waals surface area contributed by atoms with Gasteiger partial charge >= 0.3 is 0 Å². The number of carbonyl (C=O) groups is 1. The molecule has 1 aliphatic rings. The number of aromatic nitrogens is 2. The predicted octanol–water partition coefficient (Wildman–Crippen LogP) is 4.43. The van der Waals surface area contributed by atoms with E-state index in [0.29, 0.717) is 5.82 Å². The molecule has 1 saturated heterocycles. The van der Waals surface area contributed by atoms with Crippen LogP contribution < -0.4 is 5.32 Å². The number of nitrogens with zero attached hydrogens (tertiary/aromatic N) is 3. The third kappa shape index (κ3) is 4.61. The van der Waals surface area contributed by atoms with E-state index in [9.17, 15) is 4.79 Å². The number of carbonyl (C=O) groups excluding carboxylic acids is 1. The van der Waals surface area contributed by atoms with E-state index in [1.54, 1.807) is 22.7 Å². The van der Waals surface area contributed by atoms with Crippen molar-refractivity contribution in [3.63, 3.8) is 0 Å². The smallest absolute Gasteiger partial charge is 0.229 e. The molecule has 3 aromatic rings. The lowest BCUT2D eigenvalue weighted by atomic mass is 9.97. The Kier molecular flexibility index (Phi) is 5.61. The maximum Gasteiger partial charge on any atom is 0.229 e. The largest absolute Gasteiger partial charge is 0.310 e. The second-order valence-electron chi connectivity index (χ2n) is 6.88. The summed E-state index contributed by atoms with van der Waals surface area (Å²) in [5.74, 6) is 0.697. The maximum absolute atomic E-state index is 12.6. The van der Waals surface area contributed by atoms with Crippen LogP contribution in [0.5, 0.6) is 0 Å². The highest BCUT2D eigenvalue weighted by molar-refractivity contribution is 7.14. The first kappa shape index (κ1) is 18.3. The highest BCUT2D eigenvalue weighted by Crippen LogP contribution is 2.27. The van der Waals surface area contributed by atoms with Crippen molar-refractivity contribution < 1.29 is 4.79 Å². The zero-order chi connectivity index (χ0) is 18.6. The summed E-state index contributed by atoms with van der Waals surface area (Å²) < 4.78 is 0. The van der Waals surface area contributed by atoms with Crippen LogP contribution in [0.2, 0.25) is 0 Å². The van der Waals surface area contributed by atoms with Crippen molar-refractivity contribution in [2.45, 2.75) is 26.3 Å². The molecule has 0 aliphatic carbocycles. The van der Waals surface area contributed by atoms with Crippen LogP contribution in [-0.4, -0.2) is 33.9 Å². The van der Waals surface area contributed by atoms with Gasteiger partial charge in [0.15, 0.2) is 0 Å². The molecule has 0 saturated carbocycles. The number of anilines is 1. The minimum Gasteiger partial charge on any atom is -0.310 e. The van der Waals surface area contributed by atoms with Crippen LogP contribution in [0.1, 0.15) is 24.2 Å². The Morgan fingerprint density at radius 2 is 2.22 bits per heavy atom. The Morgan fingerprint density at radius 1 is 1.30 bits per heavy atom. The zero-order valence-corrected chi connectivity index (χ0v) is 16.9. The molecular formula is C20H22N4OS2. The molecule has 140 valence electrons. The van der Waals surface area contributed by atoms with Crippen LogP contribution in [-0.2, 0) is 11.3 Å². The van der Waals surface area contributed by atoms with E-state index in [0.717, 1.165) is 48.9 Å². The van der Waals surface area contributed by atoms with E-state index in [-0.39, 0.29) is 11.8 Å². The molecule has 0 radical (unpaired) electrons. The Balaban J connectivity index is 1.36. The molecule has 7 heteroatoms. The fourth-order valence-electron chi connectivity index (χ4n) is 3.38. The Hall–Kier alpha value is -2.09. The average Bonchev–Trinajstić information content (AvgIpc) is 3.33. The van der Waals surface area contributed by atoms with Gasteiger partial charge < -0.3 is 5.32 Å². The molecule has 0 spiro atoms. The molecule has 3 aromatic heterocycles. The quantitative estimate of drug-likeness (QED) is 0.691. The minimum atomic E-state index is -0.00366. The van der Waals surface area contributed by atoms with Crippen LogP contribution in [0, 0.1) is 12.8 Å². The first-order valence-corrected chi connectivity index (χ1v) is 10.9. The third-order valence-electron chi connectivity index (χ3n) is 4.72. The van der Waals surface area contributed by atoms with Crippen LogP contribution in [0.25, 0.3) is 10.6 Å². The SMILES string of the molecule is Cc1cccc(NC(=O)C2CCCN(Cc3csc(-c4ccsc4)n3)C2)n1. The molecule has 4 heterocycles. The van der Waals surface area contributed by atoms with Crippen LogP contribution in [0.15, 0.2) is 40.4 Å². The van der Waals surface area contributed by atoms with Gasteiger partial charge in [0.2, 0.25) is 5.91 Å². The number of nitrogens with one attached hydrogen (secondary N) is 1. The van der Waals surface area contributed by atoms with E-state index >= 15 is 0 Å². The van der Waals surface area contributed by atoms with Crippen molar-refractivity contribution in [2.75, 3.05) is 18.4 Å². The van der Waals surface area contributed by atoms with Gasteiger partial charge in [-0.05, 0) is 49.9 Å². The minimum absolute atomic E-state index is 0.00366. The van der Waals surface area contributed by atoms with Crippen molar-refractivity contribution in [1.82, 2.24) is 14.9 Å². The van der Waals surface area contributed by atoms with E-state index in [4.69, 9.17) is 4.98 Å². The highest BCUT2D eigenvalue weighted by atomic mass is 32.1. The van der Waals surface area contributed by atoms with Gasteiger partial charge in [-0.15, -0.1) is 11.3 Å². The number of hydrogen-bond donors (Lipinski definition) is 1. The van der Waals surface area contributed by atoms with Crippen molar-refractivity contribution in [3.8, 4) is 10.6 Å². The number of aryl methyl sites for hydroxylation is 1. The van der Waals surface area contributed by atoms with E-state index < -0.39 is 0 Å². The number of thiophene rings is 1. The summed E-state index contributed by atoms with van der Waals surface area (Å²) in [6.07, 6.45) is 1.95. The summed E-state index contributed by atoms with van der Waals surface area (Å²) in [7, 11) is 0. The summed E-state index contributed by atoms with van der Waals surface area (Å²) in [6, 6.07) is 7.79.